The number of anilines is 1. The van der Waals surface area contributed by atoms with Gasteiger partial charge >= 0.3 is 0 Å². The molecule has 0 bridgehead atoms. The Hall–Kier alpha value is -3.75. The Morgan fingerprint density at radius 1 is 0.864 bits per heavy atom. The number of aromatic amines is 1. The fourth-order valence-electron chi connectivity index (χ4n) is 7.17. The maximum absolute atomic E-state index is 7.72. The molecule has 2 aliphatic rings. The van der Waals surface area contributed by atoms with Gasteiger partial charge in [0.05, 0.1) is 17.6 Å². The minimum absolute atomic E-state index is 0.244. The van der Waals surface area contributed by atoms with Crippen LogP contribution in [0.15, 0.2) is 73.2 Å². The summed E-state index contributed by atoms with van der Waals surface area (Å²) in [5.41, 5.74) is 14.9. The highest BCUT2D eigenvalue weighted by molar-refractivity contribution is 6.77. The van der Waals surface area contributed by atoms with Gasteiger partial charge in [-0.25, -0.2) is 9.97 Å². The second-order valence-electron chi connectivity index (χ2n) is 13.2. The number of benzene rings is 1. The molecule has 1 aromatic carbocycles. The Balaban J connectivity index is 1.69. The van der Waals surface area contributed by atoms with E-state index >= 15 is 0 Å². The lowest BCUT2D eigenvalue weighted by Gasteiger charge is -2.49. The molecule has 7 nitrogen and oxygen atoms in total. The molecule has 232 valence electrons. The van der Waals surface area contributed by atoms with Crippen LogP contribution < -0.4 is 5.73 Å². The Kier molecular flexibility index (Phi) is 8.87. The van der Waals surface area contributed by atoms with E-state index in [4.69, 9.17) is 20.1 Å². The van der Waals surface area contributed by atoms with Gasteiger partial charge in [0.15, 0.2) is 0 Å². The summed E-state index contributed by atoms with van der Waals surface area (Å²) < 4.78 is 9.70. The quantitative estimate of drug-likeness (QED) is 0.146. The number of pyridine rings is 1. The van der Waals surface area contributed by atoms with Crippen LogP contribution in [0.25, 0.3) is 33.6 Å². The van der Waals surface area contributed by atoms with Crippen molar-refractivity contribution >= 4 is 14.3 Å². The molecular formula is C36H48N6OSi. The van der Waals surface area contributed by atoms with E-state index in [1.165, 1.54) is 0 Å². The van der Waals surface area contributed by atoms with Crippen LogP contribution in [0, 0.1) is 0 Å². The number of fused-ring (bicyclic) bond motifs is 1. The summed E-state index contributed by atoms with van der Waals surface area (Å²) in [6.07, 6.45) is 6.75. The molecule has 5 rings (SSSR count). The van der Waals surface area contributed by atoms with E-state index in [0.717, 1.165) is 44.9 Å². The van der Waals surface area contributed by atoms with Crippen LogP contribution in [-0.2, 0) is 10.0 Å². The molecule has 0 radical (unpaired) electrons. The van der Waals surface area contributed by atoms with Crippen LogP contribution in [0.2, 0.25) is 16.6 Å². The third-order valence-corrected chi connectivity index (χ3v) is 15.5. The van der Waals surface area contributed by atoms with E-state index in [-0.39, 0.29) is 5.95 Å². The molecule has 0 amide bonds. The summed E-state index contributed by atoms with van der Waals surface area (Å²) >= 11 is 0. The molecule has 2 aromatic heterocycles. The van der Waals surface area contributed by atoms with Crippen molar-refractivity contribution in [2.75, 3.05) is 5.73 Å². The zero-order valence-corrected chi connectivity index (χ0v) is 28.7. The third kappa shape index (κ3) is 5.50. The molecule has 3 aromatic rings. The van der Waals surface area contributed by atoms with Crippen LogP contribution in [0.5, 0.6) is 0 Å². The van der Waals surface area contributed by atoms with E-state index < -0.39 is 13.9 Å². The summed E-state index contributed by atoms with van der Waals surface area (Å²) in [4.78, 5) is 13.2. The second-order valence-corrected chi connectivity index (χ2v) is 18.6. The Labute approximate surface area is 263 Å². The summed E-state index contributed by atoms with van der Waals surface area (Å²) in [5.74, 6) is 0.244. The molecule has 1 aliphatic heterocycles. The van der Waals surface area contributed by atoms with Gasteiger partial charge in [-0.1, -0.05) is 84.9 Å². The lowest BCUT2D eigenvalue weighted by molar-refractivity contribution is 0.0781. The highest BCUT2D eigenvalue weighted by Gasteiger charge is 2.52. The van der Waals surface area contributed by atoms with Gasteiger partial charge in [-0.3, -0.25) is 4.68 Å². The number of aromatic nitrogens is 5. The van der Waals surface area contributed by atoms with Crippen LogP contribution in [0.4, 0.5) is 5.95 Å². The molecule has 1 unspecified atom stereocenters. The van der Waals surface area contributed by atoms with E-state index in [9.17, 15) is 0 Å². The van der Waals surface area contributed by atoms with Gasteiger partial charge in [0, 0.05) is 46.4 Å². The van der Waals surface area contributed by atoms with E-state index in [1.54, 1.807) is 0 Å². The number of nitrogens with zero attached hydrogens (tertiary/aromatic N) is 4. The number of nitrogens with two attached hydrogens (primary N) is 1. The van der Waals surface area contributed by atoms with Gasteiger partial charge in [0.2, 0.25) is 14.3 Å². The molecule has 0 saturated carbocycles. The Bertz CT molecular complexity index is 1650. The highest BCUT2D eigenvalue weighted by Crippen LogP contribution is 2.50. The van der Waals surface area contributed by atoms with Gasteiger partial charge in [-0.15, -0.1) is 0 Å². The number of nitrogen functional groups attached to an aromatic ring is 1. The molecule has 3 N–H and O–H groups in total. The standard InChI is InChI=1S/C36H48N6OSi/c1-10-36(29-14-12-11-13-15-29,43-44(24(4)5,25(6)7)26(8)9)34-19-33(40-35(37)41-34)30-16-17-32-31(30)18-27(20-38-32)28-21-39-42(22-28)23(2)3/h11-26,38H,10H2,1-9H3,(H2,37,40,41). The first-order valence-electron chi connectivity index (χ1n) is 16.0. The first-order valence-corrected chi connectivity index (χ1v) is 18.1. The summed E-state index contributed by atoms with van der Waals surface area (Å²) in [7, 11) is -2.36. The fourth-order valence-corrected chi connectivity index (χ4v) is 12.9. The van der Waals surface area contributed by atoms with Gasteiger partial charge in [-0.2, -0.15) is 5.10 Å². The zero-order chi connectivity index (χ0) is 31.8. The molecule has 0 fully saturated rings. The normalized spacial score (nSPS) is 13.9. The summed E-state index contributed by atoms with van der Waals surface area (Å²) in [6, 6.07) is 19.4. The molecule has 3 heterocycles. The second kappa shape index (κ2) is 12.3. The minimum atomic E-state index is -2.36. The monoisotopic (exact) mass is 608 g/mol. The molecule has 0 spiro atoms. The van der Waals surface area contributed by atoms with Crippen molar-refractivity contribution in [2.24, 2.45) is 0 Å². The van der Waals surface area contributed by atoms with E-state index in [0.29, 0.717) is 29.1 Å². The number of hydrogen-bond acceptors (Lipinski definition) is 5. The Morgan fingerprint density at radius 2 is 1.55 bits per heavy atom. The molecular weight excluding hydrogens is 561 g/mol. The van der Waals surface area contributed by atoms with Crippen molar-refractivity contribution < 1.29 is 4.43 Å². The molecule has 8 heteroatoms. The van der Waals surface area contributed by atoms with Gasteiger partial charge in [-0.05, 0) is 60.7 Å². The minimum Gasteiger partial charge on any atom is -0.401 e. The number of hydrogen-bond donors (Lipinski definition) is 2. The lowest BCUT2D eigenvalue weighted by Crippen LogP contribution is -2.54. The van der Waals surface area contributed by atoms with Gasteiger partial charge in [0.25, 0.3) is 0 Å². The highest BCUT2D eigenvalue weighted by atomic mass is 28.4. The van der Waals surface area contributed by atoms with Crippen LogP contribution in [-0.4, -0.2) is 33.0 Å². The lowest BCUT2D eigenvalue weighted by atomic mass is 9.87. The summed E-state index contributed by atoms with van der Waals surface area (Å²) in [5, 5.41) is 4.55. The van der Waals surface area contributed by atoms with Crippen molar-refractivity contribution in [3.8, 4) is 33.6 Å². The maximum Gasteiger partial charge on any atom is 0.220 e. The first-order chi connectivity index (χ1) is 20.9. The van der Waals surface area contributed by atoms with E-state index in [1.807, 2.05) is 17.1 Å². The molecule has 0 saturated heterocycles. The largest absolute Gasteiger partial charge is 0.401 e. The molecule has 44 heavy (non-hydrogen) atoms. The SMILES string of the molecule is CCC(O[Si](C(C)C)(C(C)C)C(C)C)(c1ccccc1)c1cc(-c2ccc3[nH]cc(-c4cnn(C(C)C)c4)cc2-3)nc(N)n1. The van der Waals surface area contributed by atoms with Crippen LogP contribution in [0.3, 0.4) is 0 Å². The van der Waals surface area contributed by atoms with Crippen molar-refractivity contribution in [3.63, 3.8) is 0 Å². The smallest absolute Gasteiger partial charge is 0.220 e. The average Bonchev–Trinajstić information content (AvgIpc) is 3.65. The zero-order valence-electron chi connectivity index (χ0n) is 27.7. The Morgan fingerprint density at radius 3 is 2.14 bits per heavy atom. The van der Waals surface area contributed by atoms with Crippen molar-refractivity contribution in [1.29, 1.82) is 0 Å². The van der Waals surface area contributed by atoms with Gasteiger partial charge in [0.1, 0.15) is 5.60 Å². The fraction of sp³-hybridized carbons (Fsp3) is 0.417. The van der Waals surface area contributed by atoms with E-state index in [2.05, 4.69) is 133 Å². The molecule has 1 aliphatic carbocycles. The number of H-pyrrole nitrogens is 1. The predicted molar refractivity (Wildman–Crippen MR) is 184 cm³/mol. The predicted octanol–water partition coefficient (Wildman–Crippen LogP) is 9.45. The van der Waals surface area contributed by atoms with Crippen LogP contribution >= 0.6 is 0 Å². The average molecular weight is 609 g/mol. The van der Waals surface area contributed by atoms with Crippen LogP contribution in [0.1, 0.15) is 86.0 Å². The van der Waals surface area contributed by atoms with Crippen molar-refractivity contribution in [1.82, 2.24) is 24.7 Å². The third-order valence-electron chi connectivity index (χ3n) is 9.37. The molecule has 1 atom stereocenters. The van der Waals surface area contributed by atoms with Crippen molar-refractivity contribution in [2.45, 2.75) is 97.0 Å². The first kappa shape index (κ1) is 31.7. The number of nitrogens with one attached hydrogen (secondary N) is 1. The van der Waals surface area contributed by atoms with Crippen molar-refractivity contribution in [3.05, 3.63) is 84.4 Å². The topological polar surface area (TPSA) is 94.6 Å². The van der Waals surface area contributed by atoms with Gasteiger partial charge < -0.3 is 15.1 Å². The summed E-state index contributed by atoms with van der Waals surface area (Å²) in [6.45, 7) is 20.4. The number of rotatable bonds is 11. The maximum atomic E-state index is 7.72.